The quantitative estimate of drug-likeness (QED) is 0.381. The fraction of sp³-hybridized carbons (Fsp3) is 0.143. The van der Waals surface area contributed by atoms with Crippen molar-refractivity contribution in [1.82, 2.24) is 0 Å². The van der Waals surface area contributed by atoms with E-state index in [0.29, 0.717) is 12.8 Å². The van der Waals surface area contributed by atoms with Crippen molar-refractivity contribution in [3.8, 4) is 11.1 Å². The SMILES string of the molecule is OCCc1ccc(N(c2ccc(-c3ccccc3)cc2)c2cccc(CCO)c2)cc1. The molecule has 31 heavy (non-hydrogen) atoms. The fourth-order valence-corrected chi connectivity index (χ4v) is 3.80. The zero-order chi connectivity index (χ0) is 21.5. The Morgan fingerprint density at radius 3 is 1.71 bits per heavy atom. The highest BCUT2D eigenvalue weighted by molar-refractivity contribution is 5.78. The third kappa shape index (κ3) is 5.02. The molecule has 0 aliphatic rings. The molecule has 3 nitrogen and oxygen atoms in total. The van der Waals surface area contributed by atoms with E-state index in [1.54, 1.807) is 0 Å². The maximum Gasteiger partial charge on any atom is 0.0471 e. The predicted molar refractivity (Wildman–Crippen MR) is 128 cm³/mol. The van der Waals surface area contributed by atoms with Crippen LogP contribution < -0.4 is 4.90 Å². The average molecular weight is 410 g/mol. The minimum atomic E-state index is 0.130. The monoisotopic (exact) mass is 409 g/mol. The van der Waals surface area contributed by atoms with Crippen LogP contribution in [-0.2, 0) is 12.8 Å². The molecule has 0 aliphatic carbocycles. The third-order valence-electron chi connectivity index (χ3n) is 5.40. The van der Waals surface area contributed by atoms with Gasteiger partial charge in [-0.1, -0.05) is 66.7 Å². The van der Waals surface area contributed by atoms with Crippen LogP contribution >= 0.6 is 0 Å². The average Bonchev–Trinajstić information content (AvgIpc) is 2.82. The number of aliphatic hydroxyl groups is 2. The Morgan fingerprint density at radius 1 is 0.484 bits per heavy atom. The summed E-state index contributed by atoms with van der Waals surface area (Å²) in [6.45, 7) is 0.276. The molecular weight excluding hydrogens is 382 g/mol. The summed E-state index contributed by atoms with van der Waals surface area (Å²) in [6.07, 6.45) is 1.28. The maximum atomic E-state index is 9.37. The van der Waals surface area contributed by atoms with E-state index in [9.17, 15) is 10.2 Å². The molecule has 4 rings (SSSR count). The van der Waals surface area contributed by atoms with Gasteiger partial charge in [0.25, 0.3) is 0 Å². The van der Waals surface area contributed by atoms with Crippen LogP contribution in [0.15, 0.2) is 103 Å². The van der Waals surface area contributed by atoms with Gasteiger partial charge in [0.1, 0.15) is 0 Å². The summed E-state index contributed by atoms with van der Waals surface area (Å²) in [5.41, 5.74) is 7.75. The van der Waals surface area contributed by atoms with Gasteiger partial charge in [-0.15, -0.1) is 0 Å². The van der Waals surface area contributed by atoms with Crippen LogP contribution in [0.4, 0.5) is 17.1 Å². The van der Waals surface area contributed by atoms with E-state index in [2.05, 4.69) is 89.8 Å². The highest BCUT2D eigenvalue weighted by Crippen LogP contribution is 2.36. The van der Waals surface area contributed by atoms with Crippen LogP contribution in [0, 0.1) is 0 Å². The topological polar surface area (TPSA) is 43.7 Å². The second-order valence-corrected chi connectivity index (χ2v) is 7.53. The molecule has 156 valence electrons. The summed E-state index contributed by atoms with van der Waals surface area (Å²) >= 11 is 0. The lowest BCUT2D eigenvalue weighted by molar-refractivity contribution is 0.299. The first-order valence-electron chi connectivity index (χ1n) is 10.6. The van der Waals surface area contributed by atoms with E-state index in [4.69, 9.17) is 0 Å². The Hall–Kier alpha value is -3.40. The maximum absolute atomic E-state index is 9.37. The van der Waals surface area contributed by atoms with Gasteiger partial charge >= 0.3 is 0 Å². The number of hydrogen-bond acceptors (Lipinski definition) is 3. The van der Waals surface area contributed by atoms with Crippen molar-refractivity contribution in [3.05, 3.63) is 114 Å². The molecule has 3 heteroatoms. The number of rotatable bonds is 8. The van der Waals surface area contributed by atoms with E-state index in [-0.39, 0.29) is 13.2 Å². The van der Waals surface area contributed by atoms with Crippen molar-refractivity contribution in [1.29, 1.82) is 0 Å². The van der Waals surface area contributed by atoms with Gasteiger partial charge in [0.05, 0.1) is 0 Å². The number of hydrogen-bond donors (Lipinski definition) is 2. The minimum absolute atomic E-state index is 0.130. The van der Waals surface area contributed by atoms with Crippen molar-refractivity contribution < 1.29 is 10.2 Å². The Kier molecular flexibility index (Phi) is 6.78. The molecule has 0 aromatic heterocycles. The van der Waals surface area contributed by atoms with E-state index in [1.807, 2.05) is 18.2 Å². The van der Waals surface area contributed by atoms with Crippen LogP contribution in [0.2, 0.25) is 0 Å². The smallest absolute Gasteiger partial charge is 0.0471 e. The molecule has 0 unspecified atom stereocenters. The standard InChI is InChI=1S/C28H27NO2/c30-19-17-22-9-13-26(14-10-22)29(28-8-4-5-23(21-28)18-20-31)27-15-11-25(12-16-27)24-6-2-1-3-7-24/h1-16,21,30-31H,17-20H2. The minimum Gasteiger partial charge on any atom is -0.396 e. The largest absolute Gasteiger partial charge is 0.396 e. The van der Waals surface area contributed by atoms with E-state index in [1.165, 1.54) is 11.1 Å². The molecule has 0 heterocycles. The zero-order valence-corrected chi connectivity index (χ0v) is 17.5. The van der Waals surface area contributed by atoms with Gasteiger partial charge in [0.2, 0.25) is 0 Å². The summed E-state index contributed by atoms with van der Waals surface area (Å²) in [7, 11) is 0. The number of benzene rings is 4. The molecule has 0 amide bonds. The molecule has 0 fully saturated rings. The molecule has 0 saturated carbocycles. The number of nitrogens with zero attached hydrogens (tertiary/aromatic N) is 1. The summed E-state index contributed by atoms with van der Waals surface area (Å²) in [5.74, 6) is 0. The Bertz CT molecular complexity index is 1090. The first-order chi connectivity index (χ1) is 15.3. The first-order valence-corrected chi connectivity index (χ1v) is 10.6. The predicted octanol–water partition coefficient (Wildman–Crippen LogP) is 5.89. The molecule has 4 aromatic carbocycles. The van der Waals surface area contributed by atoms with Gasteiger partial charge in [-0.3, -0.25) is 0 Å². The fourth-order valence-electron chi connectivity index (χ4n) is 3.80. The van der Waals surface area contributed by atoms with Gasteiger partial charge in [-0.25, -0.2) is 0 Å². The van der Waals surface area contributed by atoms with Gasteiger partial charge in [0, 0.05) is 30.3 Å². The lowest BCUT2D eigenvalue weighted by Gasteiger charge is -2.26. The number of anilines is 3. The summed E-state index contributed by atoms with van der Waals surface area (Å²) < 4.78 is 0. The van der Waals surface area contributed by atoms with Crippen molar-refractivity contribution >= 4 is 17.1 Å². The summed E-state index contributed by atoms with van der Waals surface area (Å²) in [4.78, 5) is 2.22. The van der Waals surface area contributed by atoms with Gasteiger partial charge in [0.15, 0.2) is 0 Å². The molecule has 0 saturated heterocycles. The van der Waals surface area contributed by atoms with Gasteiger partial charge in [-0.2, -0.15) is 0 Å². The normalized spacial score (nSPS) is 10.8. The molecule has 0 atom stereocenters. The van der Waals surface area contributed by atoms with Crippen molar-refractivity contribution in [2.75, 3.05) is 18.1 Å². The summed E-state index contributed by atoms with van der Waals surface area (Å²) in [6, 6.07) is 35.5. The second-order valence-electron chi connectivity index (χ2n) is 7.53. The van der Waals surface area contributed by atoms with Gasteiger partial charge in [-0.05, 0) is 71.5 Å². The number of aliphatic hydroxyl groups excluding tert-OH is 2. The van der Waals surface area contributed by atoms with Crippen LogP contribution in [0.1, 0.15) is 11.1 Å². The lowest BCUT2D eigenvalue weighted by atomic mass is 10.0. The molecule has 0 bridgehead atoms. The van der Waals surface area contributed by atoms with Gasteiger partial charge < -0.3 is 15.1 Å². The van der Waals surface area contributed by atoms with Crippen LogP contribution in [0.5, 0.6) is 0 Å². The van der Waals surface area contributed by atoms with E-state index < -0.39 is 0 Å². The third-order valence-corrected chi connectivity index (χ3v) is 5.40. The van der Waals surface area contributed by atoms with Crippen molar-refractivity contribution in [2.24, 2.45) is 0 Å². The molecule has 0 radical (unpaired) electrons. The van der Waals surface area contributed by atoms with Crippen molar-refractivity contribution in [2.45, 2.75) is 12.8 Å². The molecule has 2 N–H and O–H groups in total. The van der Waals surface area contributed by atoms with E-state index >= 15 is 0 Å². The van der Waals surface area contributed by atoms with E-state index in [0.717, 1.165) is 28.2 Å². The Balaban J connectivity index is 1.74. The lowest BCUT2D eigenvalue weighted by Crippen LogP contribution is -2.10. The Labute approximate surface area is 183 Å². The molecule has 4 aromatic rings. The van der Waals surface area contributed by atoms with Crippen LogP contribution in [0.25, 0.3) is 11.1 Å². The first kappa shape index (κ1) is 20.9. The molecule has 0 spiro atoms. The highest BCUT2D eigenvalue weighted by atomic mass is 16.3. The highest BCUT2D eigenvalue weighted by Gasteiger charge is 2.13. The molecule has 0 aliphatic heterocycles. The van der Waals surface area contributed by atoms with Crippen molar-refractivity contribution in [3.63, 3.8) is 0 Å². The second kappa shape index (κ2) is 10.1. The zero-order valence-electron chi connectivity index (χ0n) is 17.5. The van der Waals surface area contributed by atoms with Crippen LogP contribution in [0.3, 0.4) is 0 Å². The van der Waals surface area contributed by atoms with Crippen LogP contribution in [-0.4, -0.2) is 23.4 Å². The molecular formula is C28H27NO2. The summed E-state index contributed by atoms with van der Waals surface area (Å²) in [5, 5.41) is 18.6. The Morgan fingerprint density at radius 2 is 1.06 bits per heavy atom.